The number of benzene rings is 7. The van der Waals surface area contributed by atoms with Crippen molar-refractivity contribution in [1.82, 2.24) is 0 Å². The highest BCUT2D eigenvalue weighted by Gasteiger charge is 2.55. The van der Waals surface area contributed by atoms with E-state index >= 15 is 0 Å². The zero-order valence-corrected chi connectivity index (χ0v) is 41.2. The monoisotopic (exact) mass is 1030 g/mol. The number of hydrogen-bond acceptors (Lipinski definition) is 15. The maximum atomic E-state index is 14.3. The second-order valence-corrected chi connectivity index (χ2v) is 17.9. The van der Waals surface area contributed by atoms with Crippen molar-refractivity contribution in [3.63, 3.8) is 0 Å². The van der Waals surface area contributed by atoms with E-state index in [2.05, 4.69) is 0 Å². The smallest absolute Gasteiger partial charge is 0.338 e. The minimum Gasteiger partial charge on any atom is -0.459 e. The van der Waals surface area contributed by atoms with E-state index in [0.717, 1.165) is 16.7 Å². The molecule has 2 saturated heterocycles. The SMILES string of the molecule is O=C(OC[C@H]1O[C@@H](OC[C@H]2O[C@H](O)[C@@H](OCc3ccccc3)[C@@H](OCc3ccccc3)[C@@H]2OCc2ccccc2)[C@H](OC(=O)c2ccccc2)[C@@H](OC(=O)c2ccccc2)[C@@H]1OC(=O)c1ccccc1)c1ccccc1. The minimum absolute atomic E-state index is 0.0795. The van der Waals surface area contributed by atoms with Crippen LogP contribution in [0.2, 0.25) is 0 Å². The Hall–Kier alpha value is -7.86. The molecule has 0 aliphatic carbocycles. The summed E-state index contributed by atoms with van der Waals surface area (Å²) in [6.45, 7) is -0.732. The lowest BCUT2D eigenvalue weighted by atomic mass is 9.96. The largest absolute Gasteiger partial charge is 0.459 e. The van der Waals surface area contributed by atoms with Gasteiger partial charge in [0.25, 0.3) is 0 Å². The molecule has 7 aromatic rings. The van der Waals surface area contributed by atoms with Crippen LogP contribution >= 0.6 is 0 Å². The lowest BCUT2D eigenvalue weighted by Crippen LogP contribution is -2.64. The van der Waals surface area contributed by atoms with E-state index < -0.39 is 98.5 Å². The van der Waals surface area contributed by atoms with Gasteiger partial charge < -0.3 is 52.5 Å². The second-order valence-electron chi connectivity index (χ2n) is 17.9. The lowest BCUT2D eigenvalue weighted by Gasteiger charge is -2.46. The normalized spacial score (nSPS) is 23.1. The van der Waals surface area contributed by atoms with Crippen molar-refractivity contribution in [1.29, 1.82) is 0 Å². The van der Waals surface area contributed by atoms with Crippen molar-refractivity contribution in [2.75, 3.05) is 13.2 Å². The van der Waals surface area contributed by atoms with E-state index in [1.807, 2.05) is 91.0 Å². The summed E-state index contributed by atoms with van der Waals surface area (Å²) in [5, 5.41) is 11.9. The topological polar surface area (TPSA) is 181 Å². The highest BCUT2D eigenvalue weighted by Crippen LogP contribution is 2.35. The first-order valence-corrected chi connectivity index (χ1v) is 24.8. The summed E-state index contributed by atoms with van der Waals surface area (Å²) in [6, 6.07) is 60.8. The van der Waals surface area contributed by atoms with Gasteiger partial charge in [0.05, 0.1) is 48.7 Å². The Labute approximate surface area is 439 Å². The quantitative estimate of drug-likeness (QED) is 0.0533. The van der Waals surface area contributed by atoms with Gasteiger partial charge in [-0.15, -0.1) is 0 Å². The predicted molar refractivity (Wildman–Crippen MR) is 274 cm³/mol. The van der Waals surface area contributed by atoms with Crippen molar-refractivity contribution in [2.24, 2.45) is 0 Å². The molecule has 2 aliphatic rings. The van der Waals surface area contributed by atoms with E-state index in [9.17, 15) is 24.3 Å². The molecule has 76 heavy (non-hydrogen) atoms. The molecule has 1 N–H and O–H groups in total. The summed E-state index contributed by atoms with van der Waals surface area (Å²) in [5.74, 6) is -3.33. The van der Waals surface area contributed by atoms with Gasteiger partial charge in [0, 0.05) is 0 Å². The molecular weight excluding hydrogens is 973 g/mol. The fraction of sp³-hybridized carbons (Fsp3) is 0.246. The molecule has 7 aromatic carbocycles. The van der Waals surface area contributed by atoms with Crippen LogP contribution in [0.25, 0.3) is 0 Å². The van der Waals surface area contributed by atoms with Crippen LogP contribution in [-0.4, -0.2) is 104 Å². The van der Waals surface area contributed by atoms with E-state index in [1.54, 1.807) is 84.9 Å². The molecule has 0 amide bonds. The minimum atomic E-state index is -1.70. The molecule has 2 aliphatic heterocycles. The summed E-state index contributed by atoms with van der Waals surface area (Å²) in [4.78, 5) is 56.2. The van der Waals surface area contributed by atoms with E-state index in [1.165, 1.54) is 36.4 Å². The summed E-state index contributed by atoms with van der Waals surface area (Å²) in [7, 11) is 0. The second kappa shape index (κ2) is 26.6. The third-order valence-electron chi connectivity index (χ3n) is 12.6. The molecule has 0 saturated carbocycles. The van der Waals surface area contributed by atoms with Crippen molar-refractivity contribution >= 4 is 23.9 Å². The predicted octanol–water partition coefficient (Wildman–Crippen LogP) is 8.74. The van der Waals surface area contributed by atoms with Gasteiger partial charge in [-0.3, -0.25) is 0 Å². The molecule has 390 valence electrons. The van der Waals surface area contributed by atoms with Gasteiger partial charge in [-0.2, -0.15) is 0 Å². The van der Waals surface area contributed by atoms with E-state index in [4.69, 9.17) is 47.4 Å². The third kappa shape index (κ3) is 14.1. The van der Waals surface area contributed by atoms with Gasteiger partial charge in [0.15, 0.2) is 30.9 Å². The maximum Gasteiger partial charge on any atom is 0.338 e. The first-order chi connectivity index (χ1) is 37.3. The van der Waals surface area contributed by atoms with Gasteiger partial charge in [-0.05, 0) is 65.2 Å². The number of hydrogen-bond donors (Lipinski definition) is 1. The summed E-state index contributed by atoms with van der Waals surface area (Å²) in [6.07, 6.45) is -14.0. The van der Waals surface area contributed by atoms with Crippen LogP contribution in [0.4, 0.5) is 0 Å². The molecule has 10 atom stereocenters. The Balaban J connectivity index is 1.09. The van der Waals surface area contributed by atoms with Crippen LogP contribution in [0.3, 0.4) is 0 Å². The molecule has 0 bridgehead atoms. The average molecular weight is 1030 g/mol. The number of carbonyl (C=O) groups is 4. The van der Waals surface area contributed by atoms with Crippen molar-refractivity contribution in [3.05, 3.63) is 251 Å². The first kappa shape index (κ1) is 53.0. The molecular formula is C61H56O15. The van der Waals surface area contributed by atoms with Crippen LogP contribution in [0.1, 0.15) is 58.1 Å². The zero-order chi connectivity index (χ0) is 52.5. The average Bonchev–Trinajstić information content (AvgIpc) is 3.50. The lowest BCUT2D eigenvalue weighted by molar-refractivity contribution is -0.337. The van der Waals surface area contributed by atoms with Crippen LogP contribution in [0, 0.1) is 0 Å². The molecule has 15 heteroatoms. The Morgan fingerprint density at radius 1 is 0.342 bits per heavy atom. The third-order valence-corrected chi connectivity index (χ3v) is 12.6. The summed E-state index contributed by atoms with van der Waals surface area (Å²) >= 11 is 0. The Bertz CT molecular complexity index is 2900. The van der Waals surface area contributed by atoms with Gasteiger partial charge in [-0.1, -0.05) is 164 Å². The summed E-state index contributed by atoms with van der Waals surface area (Å²) in [5.41, 5.74) is 3.11. The molecule has 0 radical (unpaired) electrons. The number of rotatable bonds is 21. The molecule has 0 spiro atoms. The summed E-state index contributed by atoms with van der Waals surface area (Å²) < 4.78 is 64.1. The molecule has 15 nitrogen and oxygen atoms in total. The Morgan fingerprint density at radius 2 is 0.684 bits per heavy atom. The Morgan fingerprint density at radius 3 is 1.12 bits per heavy atom. The van der Waals surface area contributed by atoms with Crippen LogP contribution in [-0.2, 0) is 67.2 Å². The van der Waals surface area contributed by atoms with Gasteiger partial charge in [0.1, 0.15) is 37.1 Å². The molecule has 2 heterocycles. The fourth-order valence-corrected chi connectivity index (χ4v) is 8.75. The highest BCUT2D eigenvalue weighted by atomic mass is 16.7. The molecule has 9 rings (SSSR count). The van der Waals surface area contributed by atoms with Gasteiger partial charge in [0.2, 0.25) is 0 Å². The molecule has 0 unspecified atom stereocenters. The van der Waals surface area contributed by atoms with E-state index in [-0.39, 0.29) is 42.1 Å². The fourth-order valence-electron chi connectivity index (χ4n) is 8.75. The first-order valence-electron chi connectivity index (χ1n) is 24.8. The standard InChI is InChI=1S/C61H56O15/c62-56(44-28-14-4-15-29-44)70-39-49-51(74-57(63)45-30-16-5-17-31-45)53(75-58(64)46-32-18-6-19-33-46)55(76-59(65)47-34-20-7-21-35-47)61(73-49)71-40-48-50(67-36-41-22-8-1-9-23-41)52(68-37-42-24-10-2-11-25-42)54(60(66)72-48)69-38-43-26-12-3-13-27-43/h1-35,48-55,60-61,66H,36-40H2/t48-,49-,50-,51-,52+,53+,54+,55-,60+,61-/m1/s1. The molecule has 0 aromatic heterocycles. The number of esters is 4. The van der Waals surface area contributed by atoms with Gasteiger partial charge >= 0.3 is 23.9 Å². The van der Waals surface area contributed by atoms with Crippen LogP contribution in [0.5, 0.6) is 0 Å². The van der Waals surface area contributed by atoms with Crippen LogP contribution < -0.4 is 0 Å². The number of aliphatic hydroxyl groups is 1. The number of aliphatic hydroxyl groups excluding tert-OH is 1. The van der Waals surface area contributed by atoms with E-state index in [0.29, 0.717) is 0 Å². The van der Waals surface area contributed by atoms with Crippen molar-refractivity contribution in [3.8, 4) is 0 Å². The maximum absolute atomic E-state index is 14.3. The number of ether oxygens (including phenoxy) is 10. The molecule has 2 fully saturated rings. The van der Waals surface area contributed by atoms with Crippen molar-refractivity contribution < 1.29 is 71.7 Å². The zero-order valence-electron chi connectivity index (χ0n) is 41.2. The van der Waals surface area contributed by atoms with Crippen molar-refractivity contribution in [2.45, 2.75) is 81.2 Å². The van der Waals surface area contributed by atoms with Gasteiger partial charge in [-0.25, -0.2) is 19.2 Å². The Kier molecular flexibility index (Phi) is 18.5. The van der Waals surface area contributed by atoms with Crippen LogP contribution in [0.15, 0.2) is 212 Å². The highest BCUT2D eigenvalue weighted by molar-refractivity contribution is 5.91. The number of carbonyl (C=O) groups excluding carboxylic acids is 4.